The Kier molecular flexibility index (Phi) is 5.49. The van der Waals surface area contributed by atoms with Crippen LogP contribution < -0.4 is 10.1 Å². The first-order valence-electron chi connectivity index (χ1n) is 6.45. The molecule has 0 saturated heterocycles. The first kappa shape index (κ1) is 14.0. The number of hydrogen-bond donors (Lipinski definition) is 1. The fourth-order valence-electron chi connectivity index (χ4n) is 1.95. The highest BCUT2D eigenvalue weighted by Gasteiger charge is 2.13. The van der Waals surface area contributed by atoms with Gasteiger partial charge in [0.1, 0.15) is 5.75 Å². The molecule has 2 unspecified atom stereocenters. The lowest BCUT2D eigenvalue weighted by Crippen LogP contribution is -2.20. The zero-order valence-corrected chi connectivity index (χ0v) is 11.7. The largest absolute Gasteiger partial charge is 0.491 e. The Morgan fingerprint density at radius 2 is 1.65 bits per heavy atom. The van der Waals surface area contributed by atoms with E-state index in [1.165, 1.54) is 5.56 Å². The lowest BCUT2D eigenvalue weighted by atomic mass is 9.89. The average Bonchev–Trinajstić information content (AvgIpc) is 2.28. The summed E-state index contributed by atoms with van der Waals surface area (Å²) < 4.78 is 5.64. The van der Waals surface area contributed by atoms with E-state index < -0.39 is 0 Å². The van der Waals surface area contributed by atoms with Crippen molar-refractivity contribution in [1.29, 1.82) is 0 Å². The van der Waals surface area contributed by atoms with E-state index in [4.69, 9.17) is 4.74 Å². The number of benzene rings is 1. The van der Waals surface area contributed by atoms with E-state index in [9.17, 15) is 0 Å². The second-order valence-corrected chi connectivity index (χ2v) is 5.06. The molecular weight excluding hydrogens is 210 g/mol. The van der Waals surface area contributed by atoms with Crippen LogP contribution in [-0.2, 0) is 0 Å². The van der Waals surface area contributed by atoms with Gasteiger partial charge in [-0.1, -0.05) is 26.0 Å². The van der Waals surface area contributed by atoms with Crippen molar-refractivity contribution in [3.05, 3.63) is 29.8 Å². The molecule has 0 aliphatic rings. The molecule has 1 rings (SSSR count). The minimum atomic E-state index is 0.237. The topological polar surface area (TPSA) is 21.3 Å². The molecule has 0 bridgehead atoms. The lowest BCUT2D eigenvalue weighted by Gasteiger charge is -2.20. The van der Waals surface area contributed by atoms with Crippen molar-refractivity contribution >= 4 is 0 Å². The Labute approximate surface area is 105 Å². The molecule has 0 fully saturated rings. The zero-order chi connectivity index (χ0) is 12.8. The van der Waals surface area contributed by atoms with Crippen molar-refractivity contribution in [2.45, 2.75) is 39.7 Å². The van der Waals surface area contributed by atoms with Gasteiger partial charge >= 0.3 is 0 Å². The van der Waals surface area contributed by atoms with Crippen LogP contribution >= 0.6 is 0 Å². The highest BCUT2D eigenvalue weighted by Crippen LogP contribution is 2.25. The van der Waals surface area contributed by atoms with Gasteiger partial charge in [0, 0.05) is 0 Å². The molecule has 0 saturated carbocycles. The second kappa shape index (κ2) is 6.65. The van der Waals surface area contributed by atoms with Crippen molar-refractivity contribution in [3.63, 3.8) is 0 Å². The van der Waals surface area contributed by atoms with Gasteiger partial charge in [-0.2, -0.15) is 0 Å². The van der Waals surface area contributed by atoms with E-state index in [1.807, 2.05) is 20.9 Å². The van der Waals surface area contributed by atoms with Crippen LogP contribution in [0.3, 0.4) is 0 Å². The molecule has 96 valence electrons. The van der Waals surface area contributed by atoms with Gasteiger partial charge in [-0.15, -0.1) is 0 Å². The van der Waals surface area contributed by atoms with Gasteiger partial charge in [-0.25, -0.2) is 0 Å². The van der Waals surface area contributed by atoms with Crippen molar-refractivity contribution in [3.8, 4) is 5.75 Å². The summed E-state index contributed by atoms with van der Waals surface area (Å²) >= 11 is 0. The predicted molar refractivity (Wildman–Crippen MR) is 73.7 cm³/mol. The molecule has 0 heterocycles. The maximum absolute atomic E-state index is 5.64. The van der Waals surface area contributed by atoms with E-state index >= 15 is 0 Å². The SMILES string of the molecule is CNCC(C)C(C)c1ccc(OC(C)C)cc1. The quantitative estimate of drug-likeness (QED) is 0.815. The first-order chi connectivity index (χ1) is 8.04. The normalized spacial score (nSPS) is 14.7. The van der Waals surface area contributed by atoms with E-state index in [-0.39, 0.29) is 6.10 Å². The van der Waals surface area contributed by atoms with Crippen molar-refractivity contribution in [2.75, 3.05) is 13.6 Å². The number of ether oxygens (including phenoxy) is 1. The zero-order valence-electron chi connectivity index (χ0n) is 11.7. The maximum Gasteiger partial charge on any atom is 0.119 e. The fraction of sp³-hybridized carbons (Fsp3) is 0.600. The Morgan fingerprint density at radius 3 is 2.12 bits per heavy atom. The van der Waals surface area contributed by atoms with Crippen LogP contribution in [0, 0.1) is 5.92 Å². The molecule has 2 atom stereocenters. The third kappa shape index (κ3) is 4.39. The number of hydrogen-bond acceptors (Lipinski definition) is 2. The minimum absolute atomic E-state index is 0.237. The summed E-state index contributed by atoms with van der Waals surface area (Å²) in [4.78, 5) is 0. The fourth-order valence-corrected chi connectivity index (χ4v) is 1.95. The summed E-state index contributed by atoms with van der Waals surface area (Å²) in [5.41, 5.74) is 1.38. The third-order valence-corrected chi connectivity index (χ3v) is 3.16. The van der Waals surface area contributed by atoms with Gasteiger partial charge in [-0.3, -0.25) is 0 Å². The smallest absolute Gasteiger partial charge is 0.119 e. The summed E-state index contributed by atoms with van der Waals surface area (Å²) in [7, 11) is 2.00. The summed E-state index contributed by atoms with van der Waals surface area (Å²) in [6.07, 6.45) is 0.237. The maximum atomic E-state index is 5.64. The van der Waals surface area contributed by atoms with Crippen molar-refractivity contribution in [2.24, 2.45) is 5.92 Å². The first-order valence-corrected chi connectivity index (χ1v) is 6.45. The van der Waals surface area contributed by atoms with Gasteiger partial charge in [-0.05, 0) is 57.0 Å². The minimum Gasteiger partial charge on any atom is -0.491 e. The van der Waals surface area contributed by atoms with Crippen LogP contribution in [0.25, 0.3) is 0 Å². The molecule has 2 heteroatoms. The number of rotatable bonds is 6. The van der Waals surface area contributed by atoms with E-state index in [0.717, 1.165) is 12.3 Å². The standard InChI is InChI=1S/C15H25NO/c1-11(2)17-15-8-6-14(7-9-15)13(4)12(3)10-16-5/h6-9,11-13,16H,10H2,1-5H3. The Hall–Kier alpha value is -1.02. The molecule has 0 spiro atoms. The molecule has 17 heavy (non-hydrogen) atoms. The van der Waals surface area contributed by atoms with Crippen LogP contribution in [0.4, 0.5) is 0 Å². The molecule has 2 nitrogen and oxygen atoms in total. The molecule has 0 aromatic heterocycles. The molecular formula is C15H25NO. The van der Waals surface area contributed by atoms with Crippen LogP contribution in [0.2, 0.25) is 0 Å². The molecule has 1 N–H and O–H groups in total. The Morgan fingerprint density at radius 1 is 1.06 bits per heavy atom. The van der Waals surface area contributed by atoms with Gasteiger partial charge in [0.05, 0.1) is 6.10 Å². The summed E-state index contributed by atoms with van der Waals surface area (Å²) in [6.45, 7) is 9.70. The molecule has 0 radical (unpaired) electrons. The monoisotopic (exact) mass is 235 g/mol. The van der Waals surface area contributed by atoms with E-state index in [1.54, 1.807) is 0 Å². The Bertz CT molecular complexity index is 318. The highest BCUT2D eigenvalue weighted by molar-refractivity contribution is 5.29. The highest BCUT2D eigenvalue weighted by atomic mass is 16.5. The van der Waals surface area contributed by atoms with Crippen molar-refractivity contribution in [1.82, 2.24) is 5.32 Å². The number of nitrogens with one attached hydrogen (secondary N) is 1. The average molecular weight is 235 g/mol. The molecule has 0 amide bonds. The van der Waals surface area contributed by atoms with Gasteiger partial charge in [0.2, 0.25) is 0 Å². The van der Waals surface area contributed by atoms with E-state index in [2.05, 4.69) is 43.4 Å². The Balaban J connectivity index is 2.66. The van der Waals surface area contributed by atoms with Crippen LogP contribution in [0.1, 0.15) is 39.2 Å². The van der Waals surface area contributed by atoms with E-state index in [0.29, 0.717) is 11.8 Å². The lowest BCUT2D eigenvalue weighted by molar-refractivity contribution is 0.242. The second-order valence-electron chi connectivity index (χ2n) is 5.06. The van der Waals surface area contributed by atoms with Gasteiger partial charge < -0.3 is 10.1 Å². The summed E-state index contributed by atoms with van der Waals surface area (Å²) in [5.74, 6) is 2.16. The summed E-state index contributed by atoms with van der Waals surface area (Å²) in [6, 6.07) is 8.49. The van der Waals surface area contributed by atoms with Crippen LogP contribution in [0.15, 0.2) is 24.3 Å². The van der Waals surface area contributed by atoms with Gasteiger partial charge in [0.25, 0.3) is 0 Å². The molecule has 0 aliphatic heterocycles. The molecule has 0 aliphatic carbocycles. The van der Waals surface area contributed by atoms with Gasteiger partial charge in [0.15, 0.2) is 0 Å². The molecule has 1 aromatic rings. The predicted octanol–water partition coefficient (Wildman–Crippen LogP) is 3.43. The van der Waals surface area contributed by atoms with Crippen molar-refractivity contribution < 1.29 is 4.74 Å². The third-order valence-electron chi connectivity index (χ3n) is 3.16. The van der Waals surface area contributed by atoms with Crippen LogP contribution in [-0.4, -0.2) is 19.7 Å². The van der Waals surface area contributed by atoms with Crippen LogP contribution in [0.5, 0.6) is 5.75 Å². The summed E-state index contributed by atoms with van der Waals surface area (Å²) in [5, 5.41) is 3.23. The molecule has 1 aromatic carbocycles.